The highest BCUT2D eigenvalue weighted by atomic mass is 32.1. The molecule has 398 valence electrons. The van der Waals surface area contributed by atoms with Crippen molar-refractivity contribution in [2.45, 2.75) is 155 Å². The third kappa shape index (κ3) is 8.25. The summed E-state index contributed by atoms with van der Waals surface area (Å²) in [6.07, 6.45) is 4.59. The summed E-state index contributed by atoms with van der Waals surface area (Å²) >= 11 is 2.06. The fourth-order valence-electron chi connectivity index (χ4n) is 14.2. The van der Waals surface area contributed by atoms with Gasteiger partial charge in [0.15, 0.2) is 0 Å². The van der Waals surface area contributed by atoms with Crippen LogP contribution in [0.15, 0.2) is 170 Å². The number of nitrogens with zero attached hydrogens (tertiary/aromatic N) is 3. The van der Waals surface area contributed by atoms with Crippen LogP contribution in [-0.2, 0) is 32.5 Å². The maximum Gasteiger partial charge on any atom is 0.264 e. The number of hydrogen-bond donors (Lipinski definition) is 0. The Bertz CT molecular complexity index is 3830. The third-order valence-electron chi connectivity index (χ3n) is 19.0. The first kappa shape index (κ1) is 51.6. The monoisotopic (exact) mass is 1050 g/mol. The lowest BCUT2D eigenvalue weighted by atomic mass is 9.35. The van der Waals surface area contributed by atoms with E-state index >= 15 is 0 Å². The topological polar surface area (TPSA) is 9.72 Å². The molecule has 0 N–H and O–H groups in total. The zero-order chi connectivity index (χ0) is 55.3. The van der Waals surface area contributed by atoms with Gasteiger partial charge in [-0.3, -0.25) is 0 Å². The lowest BCUT2D eigenvalue weighted by Crippen LogP contribution is -2.61. The minimum atomic E-state index is -0.0862. The standard InChI is InChI=1S/C74H78BN3S/c1-69(2,3)48-30-33-52(34-31-48)77-61-43-53(76(50-26-20-16-21-27-50)51-28-22-17-23-29-51)44-62-65(61)75(59-36-35-56-64(67(59)77)74(13,14)41-40-71(56,7)8)68-66(55-45-57-58(46-63(55)79-68)73(11,12)39-38-72(57,9)10)78(62)60-37-32-49(70(4,5)6)42-54(60)47-24-18-15-19-25-47/h15-37,42-46H,38-41H2,1-14H3. The molecule has 0 fully saturated rings. The van der Waals surface area contributed by atoms with Gasteiger partial charge in [0, 0.05) is 54.6 Å². The van der Waals surface area contributed by atoms with Gasteiger partial charge in [-0.25, -0.2) is 0 Å². The molecule has 2 aliphatic carbocycles. The summed E-state index contributed by atoms with van der Waals surface area (Å²) in [6.45, 7) is 34.0. The Morgan fingerprint density at radius 1 is 0.456 bits per heavy atom. The number of fused-ring (bicyclic) bond motifs is 9. The van der Waals surface area contributed by atoms with Gasteiger partial charge >= 0.3 is 0 Å². The van der Waals surface area contributed by atoms with Crippen molar-refractivity contribution in [3.05, 3.63) is 203 Å². The summed E-state index contributed by atoms with van der Waals surface area (Å²) in [4.78, 5) is 7.98. The van der Waals surface area contributed by atoms with Crippen molar-refractivity contribution in [3.8, 4) is 11.1 Å². The summed E-state index contributed by atoms with van der Waals surface area (Å²) < 4.78 is 2.80. The van der Waals surface area contributed by atoms with E-state index in [0.717, 1.165) is 36.3 Å². The summed E-state index contributed by atoms with van der Waals surface area (Å²) in [7, 11) is 0. The Kier molecular flexibility index (Phi) is 11.7. The van der Waals surface area contributed by atoms with Gasteiger partial charge in [-0.15, -0.1) is 11.3 Å². The Hall–Kier alpha value is -6.82. The Morgan fingerprint density at radius 3 is 1.56 bits per heavy atom. The van der Waals surface area contributed by atoms with Crippen molar-refractivity contribution < 1.29 is 0 Å². The maximum absolute atomic E-state index is 2.75. The highest BCUT2D eigenvalue weighted by Crippen LogP contribution is 2.58. The summed E-state index contributed by atoms with van der Waals surface area (Å²) in [5.41, 5.74) is 24.7. The molecule has 0 unspecified atom stereocenters. The Morgan fingerprint density at radius 2 is 0.975 bits per heavy atom. The fourth-order valence-corrected chi connectivity index (χ4v) is 15.5. The van der Waals surface area contributed by atoms with Crippen LogP contribution >= 0.6 is 11.3 Å². The molecule has 2 aliphatic heterocycles. The van der Waals surface area contributed by atoms with E-state index in [1.54, 1.807) is 0 Å². The van der Waals surface area contributed by atoms with E-state index < -0.39 is 0 Å². The Balaban J connectivity index is 1.24. The second-order valence-electron chi connectivity index (χ2n) is 28.3. The summed E-state index contributed by atoms with van der Waals surface area (Å²) in [5, 5.41) is 1.35. The molecule has 0 amide bonds. The van der Waals surface area contributed by atoms with E-state index in [4.69, 9.17) is 0 Å². The average Bonchev–Trinajstić information content (AvgIpc) is 4.08. The number of thiophene rings is 1. The molecular weight excluding hydrogens is 974 g/mol. The molecule has 0 spiro atoms. The molecule has 4 aliphatic rings. The molecule has 13 rings (SSSR count). The molecule has 0 bridgehead atoms. The molecule has 1 aromatic heterocycles. The van der Waals surface area contributed by atoms with Crippen LogP contribution in [0.4, 0.5) is 51.2 Å². The SMILES string of the molecule is CC(C)(C)c1ccc(N2c3cc(N(c4ccccc4)c4ccccc4)cc4c3B(c3ccc5c(c32)C(C)(C)CCC5(C)C)c2sc3cc5c(cc3c2N4c2ccc(C(C)(C)C)cc2-c2ccccc2)C(C)(C)CCC5(C)C)cc1. The number of para-hydroxylation sites is 2. The number of rotatable bonds is 6. The molecule has 5 heteroatoms. The third-order valence-corrected chi connectivity index (χ3v) is 20.2. The van der Waals surface area contributed by atoms with Crippen molar-refractivity contribution in [2.24, 2.45) is 0 Å². The largest absolute Gasteiger partial charge is 0.311 e. The minimum absolute atomic E-state index is 0.000284. The van der Waals surface area contributed by atoms with Crippen molar-refractivity contribution in [1.82, 2.24) is 0 Å². The number of hydrogen-bond acceptors (Lipinski definition) is 4. The van der Waals surface area contributed by atoms with Crippen molar-refractivity contribution in [1.29, 1.82) is 0 Å². The second-order valence-corrected chi connectivity index (χ2v) is 29.4. The van der Waals surface area contributed by atoms with Crippen LogP contribution in [0, 0.1) is 0 Å². The van der Waals surface area contributed by atoms with Crippen LogP contribution in [0.2, 0.25) is 0 Å². The number of benzene rings is 8. The predicted octanol–water partition coefficient (Wildman–Crippen LogP) is 19.4. The van der Waals surface area contributed by atoms with Gasteiger partial charge in [0.05, 0.1) is 17.1 Å². The lowest BCUT2D eigenvalue weighted by molar-refractivity contribution is 0.332. The van der Waals surface area contributed by atoms with Crippen molar-refractivity contribution in [2.75, 3.05) is 14.7 Å². The van der Waals surface area contributed by atoms with Gasteiger partial charge in [-0.1, -0.05) is 194 Å². The van der Waals surface area contributed by atoms with Crippen LogP contribution in [0.25, 0.3) is 21.2 Å². The van der Waals surface area contributed by atoms with E-state index in [9.17, 15) is 0 Å². The molecule has 79 heavy (non-hydrogen) atoms. The van der Waals surface area contributed by atoms with Gasteiger partial charge in [0.1, 0.15) is 0 Å². The first-order chi connectivity index (χ1) is 37.4. The average molecular weight is 1050 g/mol. The first-order valence-electron chi connectivity index (χ1n) is 29.2. The zero-order valence-electron chi connectivity index (χ0n) is 49.3. The van der Waals surface area contributed by atoms with Gasteiger partial charge in [-0.2, -0.15) is 0 Å². The number of anilines is 9. The Labute approximate surface area is 476 Å². The van der Waals surface area contributed by atoms with E-state index in [2.05, 4.69) is 293 Å². The lowest BCUT2D eigenvalue weighted by Gasteiger charge is -2.49. The highest BCUT2D eigenvalue weighted by molar-refractivity contribution is 7.33. The molecule has 0 radical (unpaired) electrons. The van der Waals surface area contributed by atoms with Gasteiger partial charge < -0.3 is 14.7 Å². The molecule has 3 heterocycles. The van der Waals surface area contributed by atoms with Gasteiger partial charge in [0.25, 0.3) is 6.71 Å². The van der Waals surface area contributed by atoms with Crippen LogP contribution < -0.4 is 30.4 Å². The fraction of sp³-hybridized carbons (Fsp3) is 0.324. The molecule has 0 saturated heterocycles. The van der Waals surface area contributed by atoms with E-state index in [1.807, 2.05) is 0 Å². The zero-order valence-corrected chi connectivity index (χ0v) is 50.1. The second kappa shape index (κ2) is 17.8. The smallest absolute Gasteiger partial charge is 0.264 e. The minimum Gasteiger partial charge on any atom is -0.311 e. The maximum atomic E-state index is 2.75. The van der Waals surface area contributed by atoms with Gasteiger partial charge in [0.2, 0.25) is 0 Å². The van der Waals surface area contributed by atoms with E-state index in [1.165, 1.54) is 111 Å². The van der Waals surface area contributed by atoms with Crippen molar-refractivity contribution >= 4 is 95.0 Å². The molecule has 0 atom stereocenters. The molecule has 9 aromatic rings. The van der Waals surface area contributed by atoms with Crippen molar-refractivity contribution in [3.63, 3.8) is 0 Å². The van der Waals surface area contributed by atoms with Crippen LogP contribution in [0.5, 0.6) is 0 Å². The van der Waals surface area contributed by atoms with Crippen LogP contribution in [0.3, 0.4) is 0 Å². The van der Waals surface area contributed by atoms with Gasteiger partial charge in [-0.05, 0) is 181 Å². The first-order valence-corrected chi connectivity index (χ1v) is 30.0. The molecule has 0 saturated carbocycles. The molecular formula is C74H78BN3S. The van der Waals surface area contributed by atoms with E-state index in [0.29, 0.717) is 0 Å². The van der Waals surface area contributed by atoms with Crippen LogP contribution in [-0.4, -0.2) is 6.71 Å². The van der Waals surface area contributed by atoms with E-state index in [-0.39, 0.29) is 39.2 Å². The summed E-state index contributed by atoms with van der Waals surface area (Å²) in [5.74, 6) is 0. The normalized spacial score (nSPS) is 17.4. The van der Waals surface area contributed by atoms with Crippen LogP contribution in [0.1, 0.15) is 156 Å². The highest BCUT2D eigenvalue weighted by Gasteiger charge is 2.51. The predicted molar refractivity (Wildman–Crippen MR) is 344 cm³/mol. The quantitative estimate of drug-likeness (QED) is 0.154. The summed E-state index contributed by atoms with van der Waals surface area (Å²) in [6, 6.07) is 65.9. The molecule has 3 nitrogen and oxygen atoms in total. The molecule has 8 aromatic carbocycles.